The van der Waals surface area contributed by atoms with E-state index in [1.54, 1.807) is 11.3 Å². The van der Waals surface area contributed by atoms with Crippen molar-refractivity contribution in [2.75, 3.05) is 20.1 Å². The first-order chi connectivity index (χ1) is 12.6. The van der Waals surface area contributed by atoms with Crippen molar-refractivity contribution in [2.45, 2.75) is 45.8 Å². The standard InChI is InChI=1S/C20H29N5S.HI/c1-15-6-4-5-7-17(15)14-25-10-8-18(9-11-25)24-20(21-3)23-13-19-22-12-16(2)26-19;/h4-7,12,18H,8-11,13-14H2,1-3H3,(H2,21,23,24);1H. The van der Waals surface area contributed by atoms with Gasteiger partial charge in [0.25, 0.3) is 0 Å². The van der Waals surface area contributed by atoms with Crippen LogP contribution in [0.1, 0.15) is 33.9 Å². The van der Waals surface area contributed by atoms with Gasteiger partial charge in [0.1, 0.15) is 5.01 Å². The van der Waals surface area contributed by atoms with Gasteiger partial charge in [-0.3, -0.25) is 9.89 Å². The maximum Gasteiger partial charge on any atom is 0.191 e. The summed E-state index contributed by atoms with van der Waals surface area (Å²) in [5, 5.41) is 8.04. The average Bonchev–Trinajstić information content (AvgIpc) is 3.07. The Bertz CT molecular complexity index is 737. The van der Waals surface area contributed by atoms with Crippen molar-refractivity contribution in [3.05, 3.63) is 51.5 Å². The number of nitrogens with one attached hydrogen (secondary N) is 2. The van der Waals surface area contributed by atoms with Crippen LogP contribution < -0.4 is 10.6 Å². The van der Waals surface area contributed by atoms with Gasteiger partial charge in [-0.2, -0.15) is 0 Å². The fourth-order valence-corrected chi connectivity index (χ4v) is 4.02. The van der Waals surface area contributed by atoms with E-state index < -0.39 is 0 Å². The van der Waals surface area contributed by atoms with Crippen LogP contribution in [-0.4, -0.2) is 42.0 Å². The van der Waals surface area contributed by atoms with Gasteiger partial charge in [-0.1, -0.05) is 24.3 Å². The first-order valence-electron chi connectivity index (χ1n) is 9.29. The quantitative estimate of drug-likeness (QED) is 0.374. The lowest BCUT2D eigenvalue weighted by Crippen LogP contribution is -2.48. The van der Waals surface area contributed by atoms with Crippen molar-refractivity contribution in [2.24, 2.45) is 4.99 Å². The lowest BCUT2D eigenvalue weighted by atomic mass is 10.0. The summed E-state index contributed by atoms with van der Waals surface area (Å²) in [7, 11) is 1.83. The van der Waals surface area contributed by atoms with Crippen molar-refractivity contribution in [1.82, 2.24) is 20.5 Å². The van der Waals surface area contributed by atoms with Crippen LogP contribution in [0.4, 0.5) is 0 Å². The Balaban J connectivity index is 0.00000261. The van der Waals surface area contributed by atoms with Crippen LogP contribution in [0.25, 0.3) is 0 Å². The van der Waals surface area contributed by atoms with E-state index in [9.17, 15) is 0 Å². The first-order valence-corrected chi connectivity index (χ1v) is 10.1. The van der Waals surface area contributed by atoms with Crippen LogP contribution in [0.3, 0.4) is 0 Å². The minimum absolute atomic E-state index is 0. The number of likely N-dealkylation sites (tertiary alicyclic amines) is 1. The Morgan fingerprint density at radius 1 is 1.26 bits per heavy atom. The number of hydrogen-bond acceptors (Lipinski definition) is 4. The summed E-state index contributed by atoms with van der Waals surface area (Å²) in [6.45, 7) is 8.30. The number of aliphatic imine (C=N–C) groups is 1. The zero-order chi connectivity index (χ0) is 18.4. The molecule has 0 spiro atoms. The number of benzene rings is 1. The van der Waals surface area contributed by atoms with E-state index in [4.69, 9.17) is 0 Å². The lowest BCUT2D eigenvalue weighted by molar-refractivity contribution is 0.198. The number of aromatic nitrogens is 1. The number of halogens is 1. The second-order valence-electron chi connectivity index (χ2n) is 6.91. The molecule has 0 amide bonds. The molecule has 0 saturated carbocycles. The highest BCUT2D eigenvalue weighted by Crippen LogP contribution is 2.16. The third-order valence-electron chi connectivity index (χ3n) is 4.88. The molecule has 0 aliphatic carbocycles. The van der Waals surface area contributed by atoms with Gasteiger partial charge in [-0.05, 0) is 37.8 Å². The molecule has 0 bridgehead atoms. The van der Waals surface area contributed by atoms with Crippen LogP contribution in [0.15, 0.2) is 35.5 Å². The largest absolute Gasteiger partial charge is 0.354 e. The average molecular weight is 499 g/mol. The molecule has 0 unspecified atom stereocenters. The van der Waals surface area contributed by atoms with Gasteiger partial charge >= 0.3 is 0 Å². The van der Waals surface area contributed by atoms with E-state index in [1.165, 1.54) is 16.0 Å². The summed E-state index contributed by atoms with van der Waals surface area (Å²) < 4.78 is 0. The third-order valence-corrected chi connectivity index (χ3v) is 5.80. The summed E-state index contributed by atoms with van der Waals surface area (Å²) in [6, 6.07) is 9.17. The van der Waals surface area contributed by atoms with Crippen molar-refractivity contribution in [1.29, 1.82) is 0 Å². The normalized spacial score (nSPS) is 16.0. The number of piperidine rings is 1. The number of hydrogen-bond donors (Lipinski definition) is 2. The van der Waals surface area contributed by atoms with Crippen LogP contribution in [0, 0.1) is 13.8 Å². The van der Waals surface area contributed by atoms with E-state index in [-0.39, 0.29) is 24.0 Å². The summed E-state index contributed by atoms with van der Waals surface area (Å²) in [5.41, 5.74) is 2.82. The van der Waals surface area contributed by atoms with Crippen LogP contribution in [-0.2, 0) is 13.1 Å². The fraction of sp³-hybridized carbons (Fsp3) is 0.500. The van der Waals surface area contributed by atoms with Crippen LogP contribution in [0.2, 0.25) is 0 Å². The zero-order valence-electron chi connectivity index (χ0n) is 16.4. The molecule has 0 radical (unpaired) electrons. The van der Waals surface area contributed by atoms with E-state index in [0.29, 0.717) is 6.04 Å². The molecule has 1 saturated heterocycles. The molecular weight excluding hydrogens is 469 g/mol. The van der Waals surface area contributed by atoms with E-state index >= 15 is 0 Å². The van der Waals surface area contributed by atoms with Crippen molar-refractivity contribution in [3.63, 3.8) is 0 Å². The van der Waals surface area contributed by atoms with Crippen molar-refractivity contribution >= 4 is 41.3 Å². The maximum absolute atomic E-state index is 4.39. The molecule has 3 rings (SSSR count). The van der Waals surface area contributed by atoms with Crippen molar-refractivity contribution in [3.8, 4) is 0 Å². The monoisotopic (exact) mass is 499 g/mol. The second-order valence-corrected chi connectivity index (χ2v) is 8.23. The highest BCUT2D eigenvalue weighted by atomic mass is 127. The first kappa shape index (κ1) is 22.1. The minimum Gasteiger partial charge on any atom is -0.354 e. The molecule has 2 aromatic rings. The SMILES string of the molecule is CN=C(NCc1ncc(C)s1)NC1CCN(Cc2ccccc2C)CC1.I. The number of guanidine groups is 1. The van der Waals surface area contributed by atoms with Gasteiger partial charge in [0.15, 0.2) is 5.96 Å². The van der Waals surface area contributed by atoms with E-state index in [1.807, 2.05) is 13.2 Å². The lowest BCUT2D eigenvalue weighted by Gasteiger charge is -2.33. The number of thiazole rings is 1. The van der Waals surface area contributed by atoms with E-state index in [2.05, 4.69) is 63.6 Å². The molecule has 1 aliphatic heterocycles. The van der Waals surface area contributed by atoms with Gasteiger partial charge in [0.05, 0.1) is 6.54 Å². The second kappa shape index (κ2) is 11.0. The summed E-state index contributed by atoms with van der Waals surface area (Å²) in [4.78, 5) is 12.5. The molecule has 5 nitrogen and oxygen atoms in total. The van der Waals surface area contributed by atoms with Gasteiger partial charge in [0.2, 0.25) is 0 Å². The predicted octanol–water partition coefficient (Wildman–Crippen LogP) is 3.71. The Labute approximate surface area is 183 Å². The molecule has 1 aromatic carbocycles. The van der Waals surface area contributed by atoms with Gasteiger partial charge in [-0.15, -0.1) is 35.3 Å². The van der Waals surface area contributed by atoms with Crippen LogP contribution >= 0.6 is 35.3 Å². The van der Waals surface area contributed by atoms with Crippen LogP contribution in [0.5, 0.6) is 0 Å². The number of aryl methyl sites for hydroxylation is 2. The molecule has 2 N–H and O–H groups in total. The third kappa shape index (κ3) is 6.73. The van der Waals surface area contributed by atoms with E-state index in [0.717, 1.165) is 50.0 Å². The Morgan fingerprint density at radius 3 is 2.63 bits per heavy atom. The van der Waals surface area contributed by atoms with Gasteiger partial charge in [0, 0.05) is 43.8 Å². The molecular formula is C20H30IN5S. The maximum atomic E-state index is 4.39. The summed E-state index contributed by atoms with van der Waals surface area (Å²) >= 11 is 1.73. The molecule has 27 heavy (non-hydrogen) atoms. The van der Waals surface area contributed by atoms with Crippen molar-refractivity contribution < 1.29 is 0 Å². The number of rotatable bonds is 5. The van der Waals surface area contributed by atoms with Gasteiger partial charge in [-0.25, -0.2) is 4.98 Å². The molecule has 1 aromatic heterocycles. The Hall–Kier alpha value is -1.19. The predicted molar refractivity (Wildman–Crippen MR) is 125 cm³/mol. The van der Waals surface area contributed by atoms with Gasteiger partial charge < -0.3 is 10.6 Å². The Morgan fingerprint density at radius 2 is 2.00 bits per heavy atom. The molecule has 2 heterocycles. The highest BCUT2D eigenvalue weighted by molar-refractivity contribution is 14.0. The summed E-state index contributed by atoms with van der Waals surface area (Å²) in [5.74, 6) is 0.871. The zero-order valence-corrected chi connectivity index (χ0v) is 19.5. The summed E-state index contributed by atoms with van der Waals surface area (Å²) in [6.07, 6.45) is 4.20. The minimum atomic E-state index is 0. The smallest absolute Gasteiger partial charge is 0.191 e. The molecule has 7 heteroatoms. The Kier molecular flexibility index (Phi) is 8.98. The fourth-order valence-electron chi connectivity index (χ4n) is 3.29. The molecule has 148 valence electrons. The number of nitrogens with zero attached hydrogens (tertiary/aromatic N) is 3. The highest BCUT2D eigenvalue weighted by Gasteiger charge is 2.20. The molecule has 1 fully saturated rings. The molecule has 1 aliphatic rings. The molecule has 0 atom stereocenters. The topological polar surface area (TPSA) is 52.6 Å².